The first kappa shape index (κ1) is 25.4. The van der Waals surface area contributed by atoms with Gasteiger partial charge in [-0.3, -0.25) is 4.79 Å². The number of alkyl halides is 6. The lowest BCUT2D eigenvalue weighted by molar-refractivity contribution is -0.407. The fourth-order valence-corrected chi connectivity index (χ4v) is 7.90. The van der Waals surface area contributed by atoms with Crippen LogP contribution in [0, 0.1) is 17.8 Å². The Hall–Kier alpha value is -0.893. The molecule has 0 aromatic heterocycles. The van der Waals surface area contributed by atoms with Crippen molar-refractivity contribution >= 4 is 14.8 Å². The van der Waals surface area contributed by atoms with Crippen LogP contribution < -0.4 is 0 Å². The summed E-state index contributed by atoms with van der Waals surface area (Å²) in [5.41, 5.74) is -8.89. The second kappa shape index (κ2) is 7.91. The van der Waals surface area contributed by atoms with Crippen molar-refractivity contribution in [2.75, 3.05) is 21.3 Å². The molecule has 1 N–H and O–H groups in total. The van der Waals surface area contributed by atoms with Crippen LogP contribution in [0.25, 0.3) is 0 Å². The van der Waals surface area contributed by atoms with E-state index in [1.54, 1.807) is 0 Å². The smallest absolute Gasteiger partial charge is 0.456 e. The molecular weight excluding hydrogens is 442 g/mol. The molecule has 0 spiro atoms. The number of rotatable bonds is 7. The molecule has 0 radical (unpaired) electrons. The Morgan fingerprint density at radius 1 is 0.900 bits per heavy atom. The van der Waals surface area contributed by atoms with Crippen molar-refractivity contribution in [2.45, 2.75) is 62.2 Å². The van der Waals surface area contributed by atoms with Crippen LogP contribution >= 0.6 is 0 Å². The number of ether oxygens (including phenoxy) is 1. The first-order valence-electron chi connectivity index (χ1n) is 9.25. The molecular formula is C17H26F6O6Si. The zero-order valence-corrected chi connectivity index (χ0v) is 18.2. The Bertz CT molecular complexity index is 625. The van der Waals surface area contributed by atoms with Crippen LogP contribution in [0.15, 0.2) is 0 Å². The summed E-state index contributed by atoms with van der Waals surface area (Å²) in [5, 5.41) is 9.65. The average Bonchev–Trinajstić information content (AvgIpc) is 3.22. The van der Waals surface area contributed by atoms with Crippen molar-refractivity contribution < 1.29 is 54.3 Å². The standard InChI is InChI=1S/C17H26F6O6Si/c1-14(2,15(25,16(18,19)20)17(21,22)23)29-13(24)11-7-9-6-10(11)12(8-9)30(26-3,27-4)28-5/h9-12,25H,6-8H2,1-5H3. The van der Waals surface area contributed by atoms with Gasteiger partial charge in [-0.2, -0.15) is 26.3 Å². The van der Waals surface area contributed by atoms with Crippen LogP contribution in [0.3, 0.4) is 0 Å². The summed E-state index contributed by atoms with van der Waals surface area (Å²) in [7, 11) is 0.952. The molecule has 2 bridgehead atoms. The van der Waals surface area contributed by atoms with E-state index in [4.69, 9.17) is 18.0 Å². The van der Waals surface area contributed by atoms with Crippen molar-refractivity contribution in [1.29, 1.82) is 0 Å². The zero-order chi connectivity index (χ0) is 23.3. The maximum Gasteiger partial charge on any atom is 0.503 e. The first-order valence-corrected chi connectivity index (χ1v) is 11.1. The van der Waals surface area contributed by atoms with Crippen molar-refractivity contribution in [1.82, 2.24) is 0 Å². The van der Waals surface area contributed by atoms with Gasteiger partial charge >= 0.3 is 27.1 Å². The molecule has 176 valence electrons. The molecule has 2 saturated carbocycles. The van der Waals surface area contributed by atoms with Crippen LogP contribution in [0.2, 0.25) is 5.54 Å². The van der Waals surface area contributed by atoms with Gasteiger partial charge < -0.3 is 23.1 Å². The highest BCUT2D eigenvalue weighted by Crippen LogP contribution is 2.59. The minimum absolute atomic E-state index is 0.0112. The lowest BCUT2D eigenvalue weighted by atomic mass is 9.83. The summed E-state index contributed by atoms with van der Waals surface area (Å²) < 4.78 is 100. The van der Waals surface area contributed by atoms with Gasteiger partial charge in [0.15, 0.2) is 5.60 Å². The maximum atomic E-state index is 13.2. The van der Waals surface area contributed by atoms with Crippen molar-refractivity contribution in [3.05, 3.63) is 0 Å². The molecule has 0 aromatic rings. The summed E-state index contributed by atoms with van der Waals surface area (Å²) >= 11 is 0. The van der Waals surface area contributed by atoms with Crippen LogP contribution in [-0.4, -0.2) is 64.8 Å². The highest BCUT2D eigenvalue weighted by molar-refractivity contribution is 6.62. The Morgan fingerprint density at radius 3 is 1.73 bits per heavy atom. The molecule has 0 aliphatic heterocycles. The third kappa shape index (κ3) is 3.76. The van der Waals surface area contributed by atoms with Crippen LogP contribution in [-0.2, 0) is 22.8 Å². The van der Waals surface area contributed by atoms with Gasteiger partial charge in [-0.1, -0.05) is 0 Å². The number of fused-ring (bicyclic) bond motifs is 2. The molecule has 6 nitrogen and oxygen atoms in total. The van der Waals surface area contributed by atoms with Crippen LogP contribution in [0.5, 0.6) is 0 Å². The quantitative estimate of drug-likeness (QED) is 0.351. The molecule has 2 aliphatic carbocycles. The molecule has 0 aromatic carbocycles. The molecule has 2 fully saturated rings. The topological polar surface area (TPSA) is 74.2 Å². The number of esters is 1. The van der Waals surface area contributed by atoms with Gasteiger partial charge in [-0.15, -0.1) is 0 Å². The van der Waals surface area contributed by atoms with Crippen LogP contribution in [0.4, 0.5) is 26.3 Å². The Labute approximate surface area is 171 Å². The molecule has 0 amide bonds. The number of halogens is 6. The minimum Gasteiger partial charge on any atom is -0.456 e. The predicted octanol–water partition coefficient (Wildman–Crippen LogP) is 3.46. The van der Waals surface area contributed by atoms with E-state index < -0.39 is 50.2 Å². The predicted molar refractivity (Wildman–Crippen MR) is 92.1 cm³/mol. The Morgan fingerprint density at radius 2 is 1.37 bits per heavy atom. The van der Waals surface area contributed by atoms with Gasteiger partial charge in [0.25, 0.3) is 5.60 Å². The number of aliphatic hydroxyl groups is 1. The third-order valence-corrected chi connectivity index (χ3v) is 9.75. The zero-order valence-electron chi connectivity index (χ0n) is 17.2. The van der Waals surface area contributed by atoms with E-state index in [1.807, 2.05) is 0 Å². The normalized spacial score (nSPS) is 28.1. The van der Waals surface area contributed by atoms with Gasteiger partial charge in [-0.25, -0.2) is 0 Å². The number of hydrogen-bond donors (Lipinski definition) is 1. The van der Waals surface area contributed by atoms with E-state index >= 15 is 0 Å². The third-order valence-electron chi connectivity index (χ3n) is 6.47. The monoisotopic (exact) mass is 468 g/mol. The summed E-state index contributed by atoms with van der Waals surface area (Å²) in [5.74, 6) is -2.60. The van der Waals surface area contributed by atoms with Crippen LogP contribution in [0.1, 0.15) is 33.1 Å². The minimum atomic E-state index is -6.11. The SMILES string of the molecule is CO[Si](OC)(OC)C1CC2CC(C(=O)OC(C)(C)C(O)(C(F)(F)F)C(F)(F)F)C1C2. The number of carbonyl (C=O) groups excluding carboxylic acids is 1. The highest BCUT2D eigenvalue weighted by atomic mass is 28.4. The van der Waals surface area contributed by atoms with Crippen molar-refractivity contribution in [2.24, 2.45) is 17.8 Å². The van der Waals surface area contributed by atoms with Gasteiger partial charge in [0.2, 0.25) is 0 Å². The molecule has 13 heteroatoms. The lowest BCUT2D eigenvalue weighted by Gasteiger charge is -2.44. The van der Waals surface area contributed by atoms with Gasteiger partial charge in [0.05, 0.1) is 5.92 Å². The Balaban J connectivity index is 2.29. The molecule has 30 heavy (non-hydrogen) atoms. The second-order valence-electron chi connectivity index (χ2n) is 8.30. The van der Waals surface area contributed by atoms with E-state index in [9.17, 15) is 36.2 Å². The fraction of sp³-hybridized carbons (Fsp3) is 0.941. The molecule has 4 unspecified atom stereocenters. The summed E-state index contributed by atoms with van der Waals surface area (Å²) in [6.07, 6.45) is -10.8. The van der Waals surface area contributed by atoms with Crippen molar-refractivity contribution in [3.63, 3.8) is 0 Å². The summed E-state index contributed by atoms with van der Waals surface area (Å²) in [6.45, 7) is 0.796. The molecule has 0 saturated heterocycles. The molecule has 2 aliphatic rings. The van der Waals surface area contributed by atoms with E-state index in [0.717, 1.165) is 0 Å². The van der Waals surface area contributed by atoms with E-state index in [0.29, 0.717) is 26.7 Å². The largest absolute Gasteiger partial charge is 0.503 e. The van der Waals surface area contributed by atoms with E-state index in [1.165, 1.54) is 21.3 Å². The fourth-order valence-electron chi connectivity index (χ4n) is 4.98. The van der Waals surface area contributed by atoms with E-state index in [2.05, 4.69) is 0 Å². The average molecular weight is 468 g/mol. The maximum absolute atomic E-state index is 13.2. The van der Waals surface area contributed by atoms with Gasteiger partial charge in [0.1, 0.15) is 0 Å². The molecule has 2 rings (SSSR count). The lowest BCUT2D eigenvalue weighted by Crippen LogP contribution is -2.70. The summed E-state index contributed by atoms with van der Waals surface area (Å²) in [6, 6.07) is 0. The van der Waals surface area contributed by atoms with Crippen molar-refractivity contribution in [3.8, 4) is 0 Å². The summed E-state index contributed by atoms with van der Waals surface area (Å²) in [4.78, 5) is 12.7. The second-order valence-corrected chi connectivity index (χ2v) is 11.5. The number of hydrogen-bond acceptors (Lipinski definition) is 6. The molecule has 0 heterocycles. The van der Waals surface area contributed by atoms with E-state index in [-0.39, 0.29) is 17.9 Å². The van der Waals surface area contributed by atoms with Gasteiger partial charge in [0, 0.05) is 26.9 Å². The Kier molecular flexibility index (Phi) is 6.69. The molecule has 4 atom stereocenters. The number of carbonyl (C=O) groups is 1. The van der Waals surface area contributed by atoms with Gasteiger partial charge in [-0.05, 0) is 44.9 Å². The first-order chi connectivity index (χ1) is 13.5. The highest BCUT2D eigenvalue weighted by Gasteiger charge is 2.79.